The van der Waals surface area contributed by atoms with Gasteiger partial charge in [-0.2, -0.15) is 0 Å². The third-order valence-corrected chi connectivity index (χ3v) is 4.45. The minimum Gasteiger partial charge on any atom is -0.485 e. The Labute approximate surface area is 119 Å². The second-order valence-corrected chi connectivity index (χ2v) is 5.67. The third kappa shape index (κ3) is 1.92. The molecule has 20 heavy (non-hydrogen) atoms. The smallest absolute Gasteiger partial charge is 0.142 e. The molecule has 1 fully saturated rings. The first-order valence-electron chi connectivity index (χ1n) is 7.49. The Balaban J connectivity index is 1.94. The fourth-order valence-electron chi connectivity index (χ4n) is 3.42. The van der Waals surface area contributed by atoms with Crippen LogP contribution in [0.2, 0.25) is 0 Å². The molecule has 0 aromatic heterocycles. The molecule has 2 heteroatoms. The number of hydrogen-bond donors (Lipinski definition) is 1. The van der Waals surface area contributed by atoms with E-state index in [1.807, 2.05) is 0 Å². The summed E-state index contributed by atoms with van der Waals surface area (Å²) in [7, 11) is 0. The van der Waals surface area contributed by atoms with E-state index in [0.29, 0.717) is 5.92 Å². The number of rotatable bonds is 1. The number of hydrogen-bond acceptors (Lipinski definition) is 2. The maximum atomic E-state index is 6.37. The van der Waals surface area contributed by atoms with Crippen LogP contribution in [0, 0.1) is 5.92 Å². The van der Waals surface area contributed by atoms with Crippen molar-refractivity contribution in [3.8, 4) is 0 Å². The van der Waals surface area contributed by atoms with Gasteiger partial charge in [0.25, 0.3) is 0 Å². The van der Waals surface area contributed by atoms with Gasteiger partial charge in [-0.05, 0) is 37.2 Å². The fourth-order valence-corrected chi connectivity index (χ4v) is 3.42. The number of allylic oxidation sites excluding steroid dienone is 2. The molecule has 102 valence electrons. The Hall–Kier alpha value is -1.80. The molecule has 1 aliphatic carbocycles. The van der Waals surface area contributed by atoms with Gasteiger partial charge < -0.3 is 10.1 Å². The lowest BCUT2D eigenvalue weighted by Crippen LogP contribution is -2.41. The van der Waals surface area contributed by atoms with E-state index < -0.39 is 0 Å². The lowest BCUT2D eigenvalue weighted by atomic mass is 9.90. The predicted molar refractivity (Wildman–Crippen MR) is 81.3 cm³/mol. The molecule has 1 saturated heterocycles. The van der Waals surface area contributed by atoms with E-state index in [0.717, 1.165) is 13.1 Å². The van der Waals surface area contributed by atoms with Gasteiger partial charge in [0, 0.05) is 16.7 Å². The van der Waals surface area contributed by atoms with Gasteiger partial charge in [0.2, 0.25) is 0 Å². The van der Waals surface area contributed by atoms with Crippen LogP contribution < -0.4 is 15.8 Å². The van der Waals surface area contributed by atoms with Crippen molar-refractivity contribution in [1.82, 2.24) is 5.32 Å². The number of piperidine rings is 1. The maximum absolute atomic E-state index is 6.37. The molecule has 0 radical (unpaired) electrons. The number of ether oxygens (including phenoxy) is 1. The molecule has 1 unspecified atom stereocenters. The van der Waals surface area contributed by atoms with Crippen molar-refractivity contribution < 1.29 is 4.74 Å². The summed E-state index contributed by atoms with van der Waals surface area (Å²) in [6.45, 7) is 2.19. The van der Waals surface area contributed by atoms with E-state index in [4.69, 9.17) is 4.74 Å². The van der Waals surface area contributed by atoms with Crippen molar-refractivity contribution >= 4 is 11.3 Å². The van der Waals surface area contributed by atoms with Crippen molar-refractivity contribution in [1.29, 1.82) is 0 Å². The van der Waals surface area contributed by atoms with Gasteiger partial charge in [0.15, 0.2) is 0 Å². The first kappa shape index (κ1) is 12.0. The molecule has 1 atom stereocenters. The van der Waals surface area contributed by atoms with Crippen molar-refractivity contribution in [2.24, 2.45) is 5.92 Å². The van der Waals surface area contributed by atoms with Crippen LogP contribution in [-0.2, 0) is 4.74 Å². The lowest BCUT2D eigenvalue weighted by molar-refractivity contribution is 0.212. The molecule has 0 saturated carbocycles. The topological polar surface area (TPSA) is 21.3 Å². The van der Waals surface area contributed by atoms with Crippen molar-refractivity contribution in [3.05, 3.63) is 59.0 Å². The zero-order valence-electron chi connectivity index (χ0n) is 11.5. The van der Waals surface area contributed by atoms with Gasteiger partial charge in [0.05, 0.1) is 0 Å². The number of nitrogens with one attached hydrogen (secondary N) is 1. The van der Waals surface area contributed by atoms with Gasteiger partial charge in [0.1, 0.15) is 11.9 Å². The monoisotopic (exact) mass is 265 g/mol. The molecule has 3 aliphatic rings. The molecule has 0 spiro atoms. The summed E-state index contributed by atoms with van der Waals surface area (Å²) < 4.78 is 6.37. The summed E-state index contributed by atoms with van der Waals surface area (Å²) in [6.07, 6.45) is 11.0. The minimum absolute atomic E-state index is 0.0970. The molecule has 2 nitrogen and oxygen atoms in total. The zero-order chi connectivity index (χ0) is 13.4. The highest BCUT2D eigenvalue weighted by Gasteiger charge is 2.26. The standard InChI is InChI=1S/C18H19NO/c1-2-7-16-14(5-1)15-6-3-4-8-17(15)20-18(16)13-9-11-19-12-10-13/h1-8,13,17,19H,9-12H2. The number of benzene rings is 1. The van der Waals surface area contributed by atoms with Crippen LogP contribution in [-0.4, -0.2) is 19.2 Å². The molecule has 2 aliphatic heterocycles. The van der Waals surface area contributed by atoms with Crippen LogP contribution >= 0.6 is 0 Å². The summed E-state index contributed by atoms with van der Waals surface area (Å²) in [4.78, 5) is 0. The SMILES string of the molecule is C1=CC2=c3ccccc3=C(C3CCNCC3)OC2C=C1. The van der Waals surface area contributed by atoms with E-state index in [2.05, 4.69) is 53.9 Å². The molecule has 2 heterocycles. The average molecular weight is 265 g/mol. The molecule has 1 aromatic carbocycles. The first-order chi connectivity index (χ1) is 9.93. The first-order valence-corrected chi connectivity index (χ1v) is 7.49. The molecule has 0 bridgehead atoms. The fraction of sp³-hybridized carbons (Fsp3) is 0.333. The van der Waals surface area contributed by atoms with E-state index in [1.165, 1.54) is 34.6 Å². The van der Waals surface area contributed by atoms with E-state index in [-0.39, 0.29) is 6.10 Å². The number of fused-ring (bicyclic) bond motifs is 2. The van der Waals surface area contributed by atoms with E-state index in [9.17, 15) is 0 Å². The van der Waals surface area contributed by atoms with Gasteiger partial charge in [-0.15, -0.1) is 0 Å². The van der Waals surface area contributed by atoms with E-state index in [1.54, 1.807) is 0 Å². The van der Waals surface area contributed by atoms with Crippen LogP contribution in [0.25, 0.3) is 11.3 Å². The summed E-state index contributed by atoms with van der Waals surface area (Å²) in [6, 6.07) is 8.68. The highest BCUT2D eigenvalue weighted by Crippen LogP contribution is 2.28. The zero-order valence-corrected chi connectivity index (χ0v) is 11.5. The normalized spacial score (nSPS) is 25.1. The maximum Gasteiger partial charge on any atom is 0.142 e. The molecule has 0 amide bonds. The second-order valence-electron chi connectivity index (χ2n) is 5.67. The minimum atomic E-state index is 0.0970. The summed E-state index contributed by atoms with van der Waals surface area (Å²) in [5.74, 6) is 1.76. The van der Waals surface area contributed by atoms with Crippen LogP contribution in [0.1, 0.15) is 12.8 Å². The molecule has 1 aromatic rings. The van der Waals surface area contributed by atoms with Crippen LogP contribution in [0.3, 0.4) is 0 Å². The molecular formula is C18H19NO. The van der Waals surface area contributed by atoms with Crippen molar-refractivity contribution in [2.75, 3.05) is 13.1 Å². The summed E-state index contributed by atoms with van der Waals surface area (Å²) >= 11 is 0. The highest BCUT2D eigenvalue weighted by atomic mass is 16.5. The summed E-state index contributed by atoms with van der Waals surface area (Å²) in [5.41, 5.74) is 1.29. The molecule has 4 rings (SSSR count). The highest BCUT2D eigenvalue weighted by molar-refractivity contribution is 5.69. The molecular weight excluding hydrogens is 246 g/mol. The van der Waals surface area contributed by atoms with Crippen molar-refractivity contribution in [3.63, 3.8) is 0 Å². The Morgan fingerprint density at radius 3 is 2.65 bits per heavy atom. The van der Waals surface area contributed by atoms with Crippen LogP contribution in [0.5, 0.6) is 0 Å². The largest absolute Gasteiger partial charge is 0.485 e. The Morgan fingerprint density at radius 1 is 1.00 bits per heavy atom. The Bertz CT molecular complexity index is 692. The van der Waals surface area contributed by atoms with Gasteiger partial charge in [-0.25, -0.2) is 0 Å². The molecule has 1 N–H and O–H groups in total. The van der Waals surface area contributed by atoms with Crippen LogP contribution in [0.15, 0.2) is 48.6 Å². The van der Waals surface area contributed by atoms with Gasteiger partial charge in [-0.3, -0.25) is 0 Å². The lowest BCUT2D eigenvalue weighted by Gasteiger charge is -2.31. The second kappa shape index (κ2) is 4.95. The van der Waals surface area contributed by atoms with Crippen LogP contribution in [0.4, 0.5) is 0 Å². The summed E-state index contributed by atoms with van der Waals surface area (Å²) in [5, 5.41) is 6.08. The third-order valence-electron chi connectivity index (χ3n) is 4.45. The Morgan fingerprint density at radius 2 is 1.80 bits per heavy atom. The van der Waals surface area contributed by atoms with E-state index >= 15 is 0 Å². The average Bonchev–Trinajstić information content (AvgIpc) is 2.55. The van der Waals surface area contributed by atoms with Gasteiger partial charge in [-0.1, -0.05) is 42.5 Å². The van der Waals surface area contributed by atoms with Gasteiger partial charge >= 0.3 is 0 Å². The quantitative estimate of drug-likeness (QED) is 0.830. The Kier molecular flexibility index (Phi) is 2.96. The predicted octanol–water partition coefficient (Wildman–Crippen LogP) is 1.47. The van der Waals surface area contributed by atoms with Crippen molar-refractivity contribution in [2.45, 2.75) is 18.9 Å².